The summed E-state index contributed by atoms with van der Waals surface area (Å²) in [4.78, 5) is 36.3. The molecule has 0 saturated heterocycles. The van der Waals surface area contributed by atoms with Crippen LogP contribution in [0.25, 0.3) is 0 Å². The Morgan fingerprint density at radius 1 is 0.793 bits per heavy atom. The summed E-state index contributed by atoms with van der Waals surface area (Å²) in [6, 6.07) is 19.3. The van der Waals surface area contributed by atoms with Crippen molar-refractivity contribution in [2.24, 2.45) is 0 Å². The highest BCUT2D eigenvalue weighted by molar-refractivity contribution is 6.30. The minimum atomic E-state index is -0.635. The molecule has 0 N–H and O–H groups in total. The van der Waals surface area contributed by atoms with E-state index in [0.717, 1.165) is 5.56 Å². The van der Waals surface area contributed by atoms with E-state index in [-0.39, 0.29) is 11.3 Å². The van der Waals surface area contributed by atoms with Gasteiger partial charge in [-0.05, 0) is 61.5 Å². The number of hydrogen-bond acceptors (Lipinski definition) is 5. The van der Waals surface area contributed by atoms with Crippen LogP contribution < -0.4 is 4.74 Å². The van der Waals surface area contributed by atoms with Gasteiger partial charge in [-0.1, -0.05) is 35.4 Å². The molecule has 6 heteroatoms. The Balaban J connectivity index is 1.56. The Labute approximate surface area is 172 Å². The number of halogens is 1. The number of carbonyl (C=O) groups excluding carboxylic acids is 3. The number of ether oxygens (including phenoxy) is 2. The maximum absolute atomic E-state index is 12.2. The summed E-state index contributed by atoms with van der Waals surface area (Å²) in [5, 5.41) is 0.404. The Hall–Kier alpha value is -3.44. The van der Waals surface area contributed by atoms with Gasteiger partial charge in [0.15, 0.2) is 12.4 Å². The van der Waals surface area contributed by atoms with Crippen LogP contribution in [0, 0.1) is 6.92 Å². The molecule has 3 aromatic rings. The molecule has 0 fully saturated rings. The van der Waals surface area contributed by atoms with Crippen molar-refractivity contribution in [3.05, 3.63) is 100 Å². The number of Topliss-reactive ketones (excluding diaryl/α,β-unsaturated/α-hetero) is 1. The second-order valence-electron chi connectivity index (χ2n) is 6.29. The molecule has 0 aliphatic carbocycles. The van der Waals surface area contributed by atoms with Crippen LogP contribution in [0.15, 0.2) is 72.8 Å². The average molecular weight is 409 g/mol. The van der Waals surface area contributed by atoms with E-state index in [1.54, 1.807) is 30.3 Å². The third-order valence-electron chi connectivity index (χ3n) is 4.07. The Kier molecular flexibility index (Phi) is 6.42. The van der Waals surface area contributed by atoms with Crippen LogP contribution in [0.5, 0.6) is 5.75 Å². The Bertz CT molecular complexity index is 1040. The fraction of sp³-hybridized carbons (Fsp3) is 0.0870. The van der Waals surface area contributed by atoms with E-state index in [1.165, 1.54) is 30.3 Å². The molecule has 0 radical (unpaired) electrons. The van der Waals surface area contributed by atoms with Gasteiger partial charge in [0.1, 0.15) is 5.75 Å². The largest absolute Gasteiger partial charge is 0.454 e. The first-order valence-electron chi connectivity index (χ1n) is 8.77. The van der Waals surface area contributed by atoms with Crippen molar-refractivity contribution in [3.63, 3.8) is 0 Å². The highest BCUT2D eigenvalue weighted by Crippen LogP contribution is 2.16. The molecular weight excluding hydrogens is 392 g/mol. The highest BCUT2D eigenvalue weighted by atomic mass is 35.5. The SMILES string of the molecule is Cc1ccc(C(=O)Oc2ccc(C(=O)COC(=O)c3cccc(Cl)c3)cc2)cc1. The third-order valence-corrected chi connectivity index (χ3v) is 4.30. The summed E-state index contributed by atoms with van der Waals surface area (Å²) in [5.74, 6) is -1.19. The second-order valence-corrected chi connectivity index (χ2v) is 6.73. The van der Waals surface area contributed by atoms with Gasteiger partial charge in [-0.3, -0.25) is 4.79 Å². The fourth-order valence-corrected chi connectivity index (χ4v) is 2.67. The van der Waals surface area contributed by atoms with Crippen LogP contribution in [0.4, 0.5) is 0 Å². The highest BCUT2D eigenvalue weighted by Gasteiger charge is 2.13. The van der Waals surface area contributed by atoms with E-state index in [9.17, 15) is 14.4 Å². The van der Waals surface area contributed by atoms with E-state index in [1.807, 2.05) is 19.1 Å². The minimum Gasteiger partial charge on any atom is -0.454 e. The number of rotatable bonds is 6. The van der Waals surface area contributed by atoms with Gasteiger partial charge < -0.3 is 9.47 Å². The smallest absolute Gasteiger partial charge is 0.343 e. The first-order valence-corrected chi connectivity index (χ1v) is 9.15. The van der Waals surface area contributed by atoms with Gasteiger partial charge in [-0.15, -0.1) is 0 Å². The van der Waals surface area contributed by atoms with Crippen molar-refractivity contribution in [1.82, 2.24) is 0 Å². The summed E-state index contributed by atoms with van der Waals surface area (Å²) in [6.07, 6.45) is 0. The van der Waals surface area contributed by atoms with Crippen molar-refractivity contribution in [1.29, 1.82) is 0 Å². The van der Waals surface area contributed by atoms with E-state index in [4.69, 9.17) is 21.1 Å². The van der Waals surface area contributed by atoms with Crippen molar-refractivity contribution < 1.29 is 23.9 Å². The monoisotopic (exact) mass is 408 g/mol. The lowest BCUT2D eigenvalue weighted by Crippen LogP contribution is -2.14. The third kappa shape index (κ3) is 5.53. The zero-order valence-electron chi connectivity index (χ0n) is 15.6. The molecule has 3 rings (SSSR count). The van der Waals surface area contributed by atoms with Gasteiger partial charge in [-0.2, -0.15) is 0 Å². The number of benzene rings is 3. The van der Waals surface area contributed by atoms with Crippen molar-refractivity contribution in [3.8, 4) is 5.75 Å². The van der Waals surface area contributed by atoms with Gasteiger partial charge in [0.2, 0.25) is 0 Å². The van der Waals surface area contributed by atoms with E-state index >= 15 is 0 Å². The predicted octanol–water partition coefficient (Wildman–Crippen LogP) is 4.91. The van der Waals surface area contributed by atoms with Crippen LogP contribution in [-0.4, -0.2) is 24.3 Å². The van der Waals surface area contributed by atoms with Crippen molar-refractivity contribution in [2.45, 2.75) is 6.92 Å². The number of carbonyl (C=O) groups is 3. The molecule has 0 bridgehead atoms. The van der Waals surface area contributed by atoms with Gasteiger partial charge in [0.05, 0.1) is 11.1 Å². The number of esters is 2. The molecule has 5 nitrogen and oxygen atoms in total. The second kappa shape index (κ2) is 9.17. The first kappa shape index (κ1) is 20.3. The molecule has 3 aromatic carbocycles. The summed E-state index contributed by atoms with van der Waals surface area (Å²) in [7, 11) is 0. The summed E-state index contributed by atoms with van der Waals surface area (Å²) in [5.41, 5.74) is 2.08. The Morgan fingerprint density at radius 3 is 2.10 bits per heavy atom. The molecule has 0 amide bonds. The Morgan fingerprint density at radius 2 is 1.45 bits per heavy atom. The maximum atomic E-state index is 12.2. The zero-order valence-corrected chi connectivity index (χ0v) is 16.3. The standard InChI is InChI=1S/C23H17ClO5/c1-15-5-7-17(8-6-15)23(27)29-20-11-9-16(10-12-20)21(25)14-28-22(26)18-3-2-4-19(24)13-18/h2-13H,14H2,1H3. The normalized spacial score (nSPS) is 10.3. The van der Waals surface area contributed by atoms with Crippen LogP contribution in [0.2, 0.25) is 5.02 Å². The minimum absolute atomic E-state index is 0.267. The van der Waals surface area contributed by atoms with E-state index in [2.05, 4.69) is 0 Å². The molecule has 29 heavy (non-hydrogen) atoms. The summed E-state index contributed by atoms with van der Waals surface area (Å²) < 4.78 is 10.3. The fourth-order valence-electron chi connectivity index (χ4n) is 2.48. The molecular formula is C23H17ClO5. The zero-order chi connectivity index (χ0) is 20.8. The molecule has 0 saturated carbocycles. The molecule has 0 aromatic heterocycles. The molecule has 0 aliphatic rings. The molecule has 0 aliphatic heterocycles. The average Bonchev–Trinajstić information content (AvgIpc) is 2.72. The topological polar surface area (TPSA) is 69.7 Å². The molecule has 0 heterocycles. The quantitative estimate of drug-likeness (QED) is 0.329. The molecule has 0 atom stereocenters. The van der Waals surface area contributed by atoms with Crippen molar-refractivity contribution >= 4 is 29.3 Å². The van der Waals surface area contributed by atoms with Gasteiger partial charge in [0, 0.05) is 10.6 Å². The molecule has 0 spiro atoms. The van der Waals surface area contributed by atoms with Crippen LogP contribution in [0.1, 0.15) is 36.6 Å². The van der Waals surface area contributed by atoms with E-state index in [0.29, 0.717) is 21.9 Å². The lowest BCUT2D eigenvalue weighted by Gasteiger charge is -2.07. The predicted molar refractivity (Wildman–Crippen MR) is 109 cm³/mol. The first-order chi connectivity index (χ1) is 13.9. The van der Waals surface area contributed by atoms with Gasteiger partial charge in [0.25, 0.3) is 0 Å². The number of hydrogen-bond donors (Lipinski definition) is 0. The molecule has 146 valence electrons. The molecule has 0 unspecified atom stereocenters. The van der Waals surface area contributed by atoms with Crippen molar-refractivity contribution in [2.75, 3.05) is 6.61 Å². The number of aryl methyl sites for hydroxylation is 1. The maximum Gasteiger partial charge on any atom is 0.343 e. The van der Waals surface area contributed by atoms with E-state index < -0.39 is 18.5 Å². The summed E-state index contributed by atoms with van der Waals surface area (Å²) >= 11 is 5.83. The lowest BCUT2D eigenvalue weighted by molar-refractivity contribution is 0.0474. The van der Waals surface area contributed by atoms with Gasteiger partial charge in [-0.25, -0.2) is 9.59 Å². The lowest BCUT2D eigenvalue weighted by atomic mass is 10.1. The van der Waals surface area contributed by atoms with Crippen LogP contribution in [0.3, 0.4) is 0 Å². The van der Waals surface area contributed by atoms with Gasteiger partial charge >= 0.3 is 11.9 Å². The number of ketones is 1. The van der Waals surface area contributed by atoms with Crippen LogP contribution in [-0.2, 0) is 4.74 Å². The van der Waals surface area contributed by atoms with Crippen LogP contribution >= 0.6 is 11.6 Å². The summed E-state index contributed by atoms with van der Waals surface area (Å²) in [6.45, 7) is 1.52.